The second-order valence-electron chi connectivity index (χ2n) is 6.86. The molecule has 1 atom stereocenters. The summed E-state index contributed by atoms with van der Waals surface area (Å²) in [6.07, 6.45) is 3.46. The molecule has 1 aromatic carbocycles. The summed E-state index contributed by atoms with van der Waals surface area (Å²) in [5.74, 6) is 1.28. The number of nitrogens with zero attached hydrogens (tertiary/aromatic N) is 4. The molecule has 138 valence electrons. The van der Waals surface area contributed by atoms with Crippen molar-refractivity contribution in [1.82, 2.24) is 19.4 Å². The normalized spacial score (nSPS) is 15.9. The van der Waals surface area contributed by atoms with E-state index in [4.69, 9.17) is 4.74 Å². The third kappa shape index (κ3) is 3.16. The summed E-state index contributed by atoms with van der Waals surface area (Å²) in [4.78, 5) is 33.1. The van der Waals surface area contributed by atoms with Crippen molar-refractivity contribution in [1.29, 1.82) is 0 Å². The lowest BCUT2D eigenvalue weighted by atomic mass is 10.0. The van der Waals surface area contributed by atoms with E-state index in [9.17, 15) is 9.59 Å². The van der Waals surface area contributed by atoms with Gasteiger partial charge < -0.3 is 14.2 Å². The van der Waals surface area contributed by atoms with Crippen molar-refractivity contribution in [2.45, 2.75) is 19.9 Å². The van der Waals surface area contributed by atoms with E-state index in [1.54, 1.807) is 24.4 Å². The van der Waals surface area contributed by atoms with Crippen LogP contribution in [0.15, 0.2) is 36.7 Å². The van der Waals surface area contributed by atoms with Gasteiger partial charge in [0.15, 0.2) is 0 Å². The topological polar surface area (TPSA) is 67.7 Å². The van der Waals surface area contributed by atoms with Crippen molar-refractivity contribution >= 4 is 11.9 Å². The monoisotopic (exact) mass is 356 g/mol. The van der Waals surface area contributed by atoms with E-state index in [0.717, 1.165) is 5.56 Å². The van der Waals surface area contributed by atoms with E-state index >= 15 is 0 Å². The Morgan fingerprint density at radius 2 is 1.96 bits per heavy atom. The van der Waals surface area contributed by atoms with Gasteiger partial charge in [0.25, 0.3) is 5.91 Å². The number of carbonyl (C=O) groups excluding carboxylic acids is 2. The first-order valence-electron chi connectivity index (χ1n) is 8.65. The molecule has 1 aliphatic heterocycles. The standard InChI is InChI=1S/C19H24N4O3/c1-13(2)11-22-12-16(24)23(19(22)25)17(18-20-9-10-21(18)3)14-7-5-6-8-15(14)26-4/h5-10,13,17H,11-12H2,1-4H3/t17-/m0/s1. The van der Waals surface area contributed by atoms with Gasteiger partial charge in [-0.15, -0.1) is 0 Å². The summed E-state index contributed by atoms with van der Waals surface area (Å²) in [5.41, 5.74) is 0.734. The Kier molecular flexibility index (Phi) is 4.97. The highest BCUT2D eigenvalue weighted by Crippen LogP contribution is 2.36. The van der Waals surface area contributed by atoms with Crippen molar-refractivity contribution in [2.75, 3.05) is 20.2 Å². The summed E-state index contributed by atoms with van der Waals surface area (Å²) in [5, 5.41) is 0. The molecule has 2 aromatic rings. The van der Waals surface area contributed by atoms with Crippen LogP contribution in [0.1, 0.15) is 31.3 Å². The molecule has 0 N–H and O–H groups in total. The fourth-order valence-corrected chi connectivity index (χ4v) is 3.33. The molecule has 0 aliphatic carbocycles. The molecule has 7 nitrogen and oxygen atoms in total. The zero-order valence-electron chi connectivity index (χ0n) is 15.5. The van der Waals surface area contributed by atoms with Crippen LogP contribution in [-0.2, 0) is 11.8 Å². The van der Waals surface area contributed by atoms with Gasteiger partial charge in [-0.2, -0.15) is 0 Å². The summed E-state index contributed by atoms with van der Waals surface area (Å²) in [7, 11) is 3.43. The molecule has 0 radical (unpaired) electrons. The number of amides is 3. The number of methoxy groups -OCH3 is 1. The van der Waals surface area contributed by atoms with E-state index in [0.29, 0.717) is 18.1 Å². The molecule has 26 heavy (non-hydrogen) atoms. The zero-order valence-corrected chi connectivity index (χ0v) is 15.5. The second-order valence-corrected chi connectivity index (χ2v) is 6.86. The molecule has 0 bridgehead atoms. The molecule has 0 saturated carbocycles. The number of hydrogen-bond acceptors (Lipinski definition) is 4. The van der Waals surface area contributed by atoms with Gasteiger partial charge in [-0.1, -0.05) is 32.0 Å². The summed E-state index contributed by atoms with van der Waals surface area (Å²) in [6, 6.07) is 6.48. The Labute approximate surface area is 153 Å². The van der Waals surface area contributed by atoms with Crippen molar-refractivity contribution in [3.63, 3.8) is 0 Å². The van der Waals surface area contributed by atoms with E-state index in [1.807, 2.05) is 49.7 Å². The quantitative estimate of drug-likeness (QED) is 0.746. The molecule has 3 amide bonds. The molecule has 0 spiro atoms. The molecule has 7 heteroatoms. The van der Waals surface area contributed by atoms with Crippen LogP contribution in [0.2, 0.25) is 0 Å². The smallest absolute Gasteiger partial charge is 0.328 e. The maximum absolute atomic E-state index is 13.0. The largest absolute Gasteiger partial charge is 0.496 e. The number of imidazole rings is 1. The number of carbonyl (C=O) groups is 2. The lowest BCUT2D eigenvalue weighted by molar-refractivity contribution is -0.126. The number of rotatable bonds is 6. The summed E-state index contributed by atoms with van der Waals surface area (Å²) in [6.45, 7) is 4.68. The van der Waals surface area contributed by atoms with Crippen LogP contribution < -0.4 is 4.74 Å². The van der Waals surface area contributed by atoms with Gasteiger partial charge in [0.1, 0.15) is 24.2 Å². The first-order valence-corrected chi connectivity index (χ1v) is 8.65. The Hall–Kier alpha value is -2.83. The Bertz CT molecular complexity index is 815. The highest BCUT2D eigenvalue weighted by atomic mass is 16.5. The molecule has 1 aliphatic rings. The summed E-state index contributed by atoms with van der Waals surface area (Å²) >= 11 is 0. The fourth-order valence-electron chi connectivity index (χ4n) is 3.33. The third-order valence-electron chi connectivity index (χ3n) is 4.45. The Balaban J connectivity index is 2.09. The van der Waals surface area contributed by atoms with Crippen LogP contribution in [0.4, 0.5) is 4.79 Å². The first-order chi connectivity index (χ1) is 12.4. The van der Waals surface area contributed by atoms with Crippen molar-refractivity contribution < 1.29 is 14.3 Å². The molecule has 1 saturated heterocycles. The van der Waals surface area contributed by atoms with Crippen LogP contribution in [0.3, 0.4) is 0 Å². The minimum atomic E-state index is -0.636. The van der Waals surface area contributed by atoms with E-state index in [1.165, 1.54) is 4.90 Å². The van der Waals surface area contributed by atoms with Crippen LogP contribution in [0.5, 0.6) is 5.75 Å². The number of aryl methyl sites for hydroxylation is 1. The van der Waals surface area contributed by atoms with Crippen molar-refractivity contribution in [2.24, 2.45) is 13.0 Å². The van der Waals surface area contributed by atoms with Gasteiger partial charge in [-0.3, -0.25) is 4.79 Å². The second kappa shape index (κ2) is 7.19. The molecule has 1 fully saturated rings. The van der Waals surface area contributed by atoms with Crippen LogP contribution in [0, 0.1) is 5.92 Å². The number of aromatic nitrogens is 2. The molecule has 3 rings (SSSR count). The summed E-state index contributed by atoms with van der Waals surface area (Å²) < 4.78 is 7.31. The molecule has 1 aromatic heterocycles. The fraction of sp³-hybridized carbons (Fsp3) is 0.421. The first kappa shape index (κ1) is 18.0. The minimum Gasteiger partial charge on any atom is -0.496 e. The molecule has 0 unspecified atom stereocenters. The lowest BCUT2D eigenvalue weighted by Gasteiger charge is -2.28. The lowest BCUT2D eigenvalue weighted by Crippen LogP contribution is -2.39. The predicted octanol–water partition coefficient (Wildman–Crippen LogP) is 2.44. The van der Waals surface area contributed by atoms with Gasteiger partial charge in [-0.05, 0) is 12.0 Å². The average molecular weight is 356 g/mol. The van der Waals surface area contributed by atoms with Crippen LogP contribution >= 0.6 is 0 Å². The van der Waals surface area contributed by atoms with Crippen molar-refractivity contribution in [3.8, 4) is 5.75 Å². The number of para-hydroxylation sites is 1. The van der Waals surface area contributed by atoms with Gasteiger partial charge >= 0.3 is 6.03 Å². The van der Waals surface area contributed by atoms with E-state index < -0.39 is 6.04 Å². The van der Waals surface area contributed by atoms with Crippen LogP contribution in [-0.4, -0.2) is 51.5 Å². The maximum atomic E-state index is 13.0. The molecular weight excluding hydrogens is 332 g/mol. The highest BCUT2D eigenvalue weighted by molar-refractivity contribution is 6.02. The van der Waals surface area contributed by atoms with Gasteiger partial charge in [-0.25, -0.2) is 14.7 Å². The van der Waals surface area contributed by atoms with Gasteiger partial charge in [0.05, 0.1) is 7.11 Å². The number of imide groups is 1. The number of urea groups is 1. The SMILES string of the molecule is COc1ccccc1[C@@H](c1nccn1C)N1C(=O)CN(CC(C)C)C1=O. The van der Waals surface area contributed by atoms with Gasteiger partial charge in [0.2, 0.25) is 0 Å². The molecular formula is C19H24N4O3. The highest BCUT2D eigenvalue weighted by Gasteiger charge is 2.44. The zero-order chi connectivity index (χ0) is 18.8. The van der Waals surface area contributed by atoms with E-state index in [-0.39, 0.29) is 24.4 Å². The Morgan fingerprint density at radius 1 is 1.23 bits per heavy atom. The average Bonchev–Trinajstić information content (AvgIpc) is 3.14. The molecule has 2 heterocycles. The van der Waals surface area contributed by atoms with Gasteiger partial charge in [0, 0.05) is 31.5 Å². The number of benzene rings is 1. The predicted molar refractivity (Wildman–Crippen MR) is 96.7 cm³/mol. The maximum Gasteiger partial charge on any atom is 0.328 e. The van der Waals surface area contributed by atoms with Crippen molar-refractivity contribution in [3.05, 3.63) is 48.0 Å². The third-order valence-corrected chi connectivity index (χ3v) is 4.45. The number of hydrogen-bond donors (Lipinski definition) is 0. The number of ether oxygens (including phenoxy) is 1. The van der Waals surface area contributed by atoms with Crippen LogP contribution in [0.25, 0.3) is 0 Å². The van der Waals surface area contributed by atoms with E-state index in [2.05, 4.69) is 4.98 Å². The Morgan fingerprint density at radius 3 is 2.58 bits per heavy atom. The minimum absolute atomic E-state index is 0.0904.